The predicted molar refractivity (Wildman–Crippen MR) is 81.8 cm³/mol. The largest absolute Gasteiger partial charge is 0.271 e. The minimum Gasteiger partial charge on any atom is -0.271 e. The molecule has 0 spiro atoms. The van der Waals surface area contributed by atoms with Crippen molar-refractivity contribution in [2.75, 3.05) is 0 Å². The van der Waals surface area contributed by atoms with Gasteiger partial charge < -0.3 is 0 Å². The number of hydrogen-bond donors (Lipinski definition) is 2. The monoisotopic (exact) mass is 331 g/mol. The number of nitrogens with zero attached hydrogens (tertiary/aromatic N) is 3. The lowest BCUT2D eigenvalue weighted by Crippen LogP contribution is -2.31. The lowest BCUT2D eigenvalue weighted by atomic mass is 10.1. The minimum absolute atomic E-state index is 0.221. The first-order valence-corrected chi connectivity index (χ1v) is 6.99. The zero-order chi connectivity index (χ0) is 14.1. The summed E-state index contributed by atoms with van der Waals surface area (Å²) in [4.78, 5) is 4.71. The van der Waals surface area contributed by atoms with E-state index in [2.05, 4.69) is 32.5 Å². The van der Waals surface area contributed by atoms with Gasteiger partial charge in [-0.3, -0.25) is 10.5 Å². The molecule has 3 rings (SSSR count). The summed E-state index contributed by atoms with van der Waals surface area (Å²) in [6.45, 7) is 0. The molecular weight excluding hydrogens is 318 g/mol. The van der Waals surface area contributed by atoms with Crippen molar-refractivity contribution in [2.45, 2.75) is 6.04 Å². The topological polar surface area (TPSA) is 68.8 Å². The van der Waals surface area contributed by atoms with Crippen LogP contribution in [0.5, 0.6) is 0 Å². The van der Waals surface area contributed by atoms with Crippen LogP contribution in [0.1, 0.15) is 17.4 Å². The van der Waals surface area contributed by atoms with Crippen LogP contribution in [-0.4, -0.2) is 14.8 Å². The summed E-state index contributed by atoms with van der Waals surface area (Å²) in [6, 6.07) is 11.7. The molecule has 2 heterocycles. The Morgan fingerprint density at radius 3 is 2.80 bits per heavy atom. The van der Waals surface area contributed by atoms with Gasteiger partial charge in [-0.25, -0.2) is 10.4 Å². The number of aryl methyl sites for hydroxylation is 1. The molecule has 102 valence electrons. The molecule has 20 heavy (non-hydrogen) atoms. The molecule has 5 nitrogen and oxygen atoms in total. The fourth-order valence-electron chi connectivity index (χ4n) is 2.28. The minimum atomic E-state index is -0.221. The molecule has 0 aliphatic carbocycles. The van der Waals surface area contributed by atoms with Crippen molar-refractivity contribution in [1.29, 1.82) is 0 Å². The summed E-state index contributed by atoms with van der Waals surface area (Å²) in [7, 11) is 1.88. The van der Waals surface area contributed by atoms with Crippen LogP contribution in [0, 0.1) is 0 Å². The van der Waals surface area contributed by atoms with Gasteiger partial charge in [0.25, 0.3) is 0 Å². The summed E-state index contributed by atoms with van der Waals surface area (Å²) in [5.41, 5.74) is 5.55. The van der Waals surface area contributed by atoms with Gasteiger partial charge in [-0.05, 0) is 34.1 Å². The second-order valence-corrected chi connectivity index (χ2v) is 5.38. The Hall–Kier alpha value is -1.76. The van der Waals surface area contributed by atoms with Crippen LogP contribution < -0.4 is 11.3 Å². The van der Waals surface area contributed by atoms with Gasteiger partial charge in [0.15, 0.2) is 0 Å². The second kappa shape index (κ2) is 5.32. The molecule has 3 N–H and O–H groups in total. The zero-order valence-corrected chi connectivity index (χ0v) is 12.5. The normalized spacial score (nSPS) is 12.8. The number of hydrogen-bond acceptors (Lipinski definition) is 4. The maximum absolute atomic E-state index is 5.73. The highest BCUT2D eigenvalue weighted by Crippen LogP contribution is 2.29. The summed E-state index contributed by atoms with van der Waals surface area (Å²) >= 11 is 3.58. The molecule has 0 amide bonds. The van der Waals surface area contributed by atoms with E-state index >= 15 is 0 Å². The first-order valence-electron chi connectivity index (χ1n) is 6.20. The molecule has 1 atom stereocenters. The van der Waals surface area contributed by atoms with E-state index in [1.807, 2.05) is 37.4 Å². The average Bonchev–Trinajstić information content (AvgIpc) is 2.87. The summed E-state index contributed by atoms with van der Waals surface area (Å²) in [6.07, 6.45) is 1.74. The maximum Gasteiger partial charge on any atom is 0.106 e. The number of benzene rings is 1. The number of nitrogens with one attached hydrogen (secondary N) is 1. The maximum atomic E-state index is 5.73. The fourth-order valence-corrected chi connectivity index (χ4v) is 2.84. The number of hydrazine groups is 1. The molecule has 0 aliphatic rings. The van der Waals surface area contributed by atoms with Crippen molar-refractivity contribution in [1.82, 2.24) is 20.2 Å². The van der Waals surface area contributed by atoms with Crippen LogP contribution in [0.2, 0.25) is 0 Å². The van der Waals surface area contributed by atoms with E-state index in [9.17, 15) is 0 Å². The molecule has 2 aromatic heterocycles. The molecule has 0 saturated heterocycles. The highest BCUT2D eigenvalue weighted by atomic mass is 79.9. The van der Waals surface area contributed by atoms with Crippen molar-refractivity contribution in [2.24, 2.45) is 12.9 Å². The fraction of sp³-hybridized carbons (Fsp3) is 0.143. The van der Waals surface area contributed by atoms with Crippen molar-refractivity contribution in [3.8, 4) is 0 Å². The van der Waals surface area contributed by atoms with Crippen LogP contribution in [-0.2, 0) is 7.05 Å². The van der Waals surface area contributed by atoms with Gasteiger partial charge >= 0.3 is 0 Å². The van der Waals surface area contributed by atoms with E-state index in [0.717, 1.165) is 26.8 Å². The Morgan fingerprint density at radius 2 is 2.10 bits per heavy atom. The Bertz CT molecular complexity index is 752. The summed E-state index contributed by atoms with van der Waals surface area (Å²) in [5.74, 6) is 5.73. The Morgan fingerprint density at radius 1 is 1.30 bits per heavy atom. The molecule has 1 aromatic carbocycles. The molecule has 0 fully saturated rings. The third-order valence-corrected chi connectivity index (χ3v) is 3.93. The predicted octanol–water partition coefficient (Wildman–Crippen LogP) is 2.28. The third-order valence-electron chi connectivity index (χ3n) is 3.30. The quantitative estimate of drug-likeness (QED) is 0.570. The molecule has 0 radical (unpaired) electrons. The van der Waals surface area contributed by atoms with Crippen LogP contribution >= 0.6 is 15.9 Å². The summed E-state index contributed by atoms with van der Waals surface area (Å²) in [5, 5.41) is 5.27. The Balaban J connectivity index is 2.17. The molecule has 6 heteroatoms. The van der Waals surface area contributed by atoms with Crippen LogP contribution in [0.25, 0.3) is 10.9 Å². The number of aromatic nitrogens is 3. The number of rotatable bonds is 3. The number of halogens is 1. The van der Waals surface area contributed by atoms with Gasteiger partial charge in [0.2, 0.25) is 0 Å². The molecule has 0 saturated carbocycles. The van der Waals surface area contributed by atoms with Crippen LogP contribution in [0.3, 0.4) is 0 Å². The third kappa shape index (κ3) is 2.22. The Kier molecular flexibility index (Phi) is 3.52. The highest BCUT2D eigenvalue weighted by molar-refractivity contribution is 9.10. The Labute approximate surface area is 124 Å². The van der Waals surface area contributed by atoms with E-state index in [1.165, 1.54) is 0 Å². The number of pyridine rings is 1. The van der Waals surface area contributed by atoms with E-state index in [4.69, 9.17) is 10.8 Å². The van der Waals surface area contributed by atoms with Crippen molar-refractivity contribution in [3.63, 3.8) is 0 Å². The zero-order valence-electron chi connectivity index (χ0n) is 10.9. The SMILES string of the molecule is Cn1nccc1C(NN)c1nc2ccccc2cc1Br. The van der Waals surface area contributed by atoms with Gasteiger partial charge in [-0.1, -0.05) is 18.2 Å². The van der Waals surface area contributed by atoms with Crippen molar-refractivity contribution >= 4 is 26.8 Å². The standard InChI is InChI=1S/C14H14BrN5/c1-20-12(6-7-17-20)14(19-16)13-10(15)8-9-4-2-3-5-11(9)18-13/h2-8,14,19H,16H2,1H3. The first kappa shape index (κ1) is 13.2. The summed E-state index contributed by atoms with van der Waals surface area (Å²) < 4.78 is 2.70. The first-order chi connectivity index (χ1) is 9.70. The lowest BCUT2D eigenvalue weighted by molar-refractivity contribution is 0.563. The van der Waals surface area contributed by atoms with Gasteiger partial charge in [-0.15, -0.1) is 0 Å². The van der Waals surface area contributed by atoms with Gasteiger partial charge in [0.05, 0.1) is 16.9 Å². The second-order valence-electron chi connectivity index (χ2n) is 4.53. The van der Waals surface area contributed by atoms with Gasteiger partial charge in [0, 0.05) is 23.1 Å². The van der Waals surface area contributed by atoms with Crippen molar-refractivity contribution < 1.29 is 0 Å². The molecule has 0 aliphatic heterocycles. The van der Waals surface area contributed by atoms with Gasteiger partial charge in [0.1, 0.15) is 6.04 Å². The smallest absolute Gasteiger partial charge is 0.106 e. The van der Waals surface area contributed by atoms with E-state index in [-0.39, 0.29) is 6.04 Å². The molecule has 0 bridgehead atoms. The van der Waals surface area contributed by atoms with Crippen molar-refractivity contribution in [3.05, 3.63) is 58.5 Å². The van der Waals surface area contributed by atoms with E-state index in [0.29, 0.717) is 0 Å². The molecule has 3 aromatic rings. The molecular formula is C14H14BrN5. The van der Waals surface area contributed by atoms with Crippen LogP contribution in [0.4, 0.5) is 0 Å². The van der Waals surface area contributed by atoms with E-state index < -0.39 is 0 Å². The van der Waals surface area contributed by atoms with E-state index in [1.54, 1.807) is 10.9 Å². The average molecular weight is 332 g/mol. The number of fused-ring (bicyclic) bond motifs is 1. The molecule has 1 unspecified atom stereocenters. The van der Waals surface area contributed by atoms with Crippen LogP contribution in [0.15, 0.2) is 47.1 Å². The number of para-hydroxylation sites is 1. The lowest BCUT2D eigenvalue weighted by Gasteiger charge is -2.17. The number of nitrogens with two attached hydrogens (primary N) is 1. The van der Waals surface area contributed by atoms with Gasteiger partial charge in [-0.2, -0.15) is 5.10 Å². The highest BCUT2D eigenvalue weighted by Gasteiger charge is 2.20.